The normalized spacial score (nSPS) is 12.8. The molecule has 0 fully saturated rings. The highest BCUT2D eigenvalue weighted by Gasteiger charge is 2.26. The van der Waals surface area contributed by atoms with Gasteiger partial charge in [-0.2, -0.15) is 13.2 Å². The first-order valence-electron chi connectivity index (χ1n) is 6.27. The molecule has 0 aliphatic heterocycles. The summed E-state index contributed by atoms with van der Waals surface area (Å²) in [5.74, 6) is -1.63. The molecular formula is C14H16F3NO3. The standard InChI is InChI=1S/C14H16F3NO3/c1-9(13(20)21)18(2)12(19)11-5-3-10(4-6-11)7-8-14(15,16)17/h3-6,9H,7-8H2,1-2H3,(H,20,21). The SMILES string of the molecule is CC(C(=O)O)N(C)C(=O)c1ccc(CCC(F)(F)F)cc1. The molecule has 1 N–H and O–H groups in total. The Morgan fingerprint density at radius 2 is 1.76 bits per heavy atom. The second kappa shape index (κ2) is 6.60. The number of carboxylic acids is 1. The van der Waals surface area contributed by atoms with Gasteiger partial charge in [0.15, 0.2) is 0 Å². The number of aliphatic carboxylic acids is 1. The number of amides is 1. The molecule has 0 saturated heterocycles. The Hall–Kier alpha value is -2.05. The molecular weight excluding hydrogens is 287 g/mol. The number of carbonyl (C=O) groups excluding carboxylic acids is 1. The number of hydrogen-bond acceptors (Lipinski definition) is 2. The second-order valence-electron chi connectivity index (χ2n) is 4.74. The third-order valence-corrected chi connectivity index (χ3v) is 3.16. The number of carboxylic acid groups (broad SMARTS) is 1. The number of rotatable bonds is 5. The highest BCUT2D eigenvalue weighted by molar-refractivity contribution is 5.96. The molecule has 0 spiro atoms. The molecule has 1 unspecified atom stereocenters. The summed E-state index contributed by atoms with van der Waals surface area (Å²) in [6, 6.07) is 4.71. The summed E-state index contributed by atoms with van der Waals surface area (Å²) in [4.78, 5) is 23.9. The summed E-state index contributed by atoms with van der Waals surface area (Å²) in [5, 5.41) is 8.84. The van der Waals surface area contributed by atoms with Crippen LogP contribution in [-0.2, 0) is 11.2 Å². The third-order valence-electron chi connectivity index (χ3n) is 3.16. The molecule has 1 aromatic rings. The van der Waals surface area contributed by atoms with Crippen molar-refractivity contribution in [2.24, 2.45) is 0 Å². The van der Waals surface area contributed by atoms with E-state index in [9.17, 15) is 22.8 Å². The number of nitrogens with zero attached hydrogens (tertiary/aromatic N) is 1. The summed E-state index contributed by atoms with van der Waals surface area (Å²) >= 11 is 0. The summed E-state index contributed by atoms with van der Waals surface area (Å²) in [6.45, 7) is 1.37. The van der Waals surface area contributed by atoms with Gasteiger partial charge in [0.05, 0.1) is 0 Å². The van der Waals surface area contributed by atoms with E-state index in [1.165, 1.54) is 38.2 Å². The van der Waals surface area contributed by atoms with Crippen LogP contribution >= 0.6 is 0 Å². The van der Waals surface area contributed by atoms with E-state index in [1.54, 1.807) is 0 Å². The van der Waals surface area contributed by atoms with E-state index < -0.39 is 30.5 Å². The predicted molar refractivity (Wildman–Crippen MR) is 70.0 cm³/mol. The average Bonchev–Trinajstić information content (AvgIpc) is 2.42. The molecule has 0 aromatic heterocycles. The summed E-state index contributed by atoms with van der Waals surface area (Å²) in [5.41, 5.74) is 0.708. The zero-order chi connectivity index (χ0) is 16.2. The van der Waals surface area contributed by atoms with Crippen molar-refractivity contribution in [3.8, 4) is 0 Å². The number of alkyl halides is 3. The van der Waals surface area contributed by atoms with Crippen LogP contribution in [0.2, 0.25) is 0 Å². The van der Waals surface area contributed by atoms with E-state index in [4.69, 9.17) is 5.11 Å². The molecule has 0 saturated carbocycles. The highest BCUT2D eigenvalue weighted by Crippen LogP contribution is 2.22. The van der Waals surface area contributed by atoms with Crippen LogP contribution in [0.25, 0.3) is 0 Å². The van der Waals surface area contributed by atoms with Gasteiger partial charge in [0, 0.05) is 19.0 Å². The zero-order valence-electron chi connectivity index (χ0n) is 11.6. The average molecular weight is 303 g/mol. The van der Waals surface area contributed by atoms with Crippen molar-refractivity contribution in [3.05, 3.63) is 35.4 Å². The summed E-state index contributed by atoms with van der Waals surface area (Å²) in [7, 11) is 1.36. The predicted octanol–water partition coefficient (Wildman–Crippen LogP) is 2.73. The fraction of sp³-hybridized carbons (Fsp3) is 0.429. The van der Waals surface area contributed by atoms with Gasteiger partial charge in [-0.1, -0.05) is 12.1 Å². The largest absolute Gasteiger partial charge is 0.480 e. The van der Waals surface area contributed by atoms with E-state index in [0.717, 1.165) is 4.90 Å². The fourth-order valence-electron chi connectivity index (χ4n) is 1.65. The van der Waals surface area contributed by atoms with E-state index >= 15 is 0 Å². The highest BCUT2D eigenvalue weighted by atomic mass is 19.4. The molecule has 116 valence electrons. The van der Waals surface area contributed by atoms with Crippen molar-refractivity contribution in [1.82, 2.24) is 4.90 Å². The number of likely N-dealkylation sites (N-methyl/N-ethyl adjacent to an activating group) is 1. The quantitative estimate of drug-likeness (QED) is 0.910. The Kier molecular flexibility index (Phi) is 5.34. The smallest absolute Gasteiger partial charge is 0.389 e. The lowest BCUT2D eigenvalue weighted by molar-refractivity contribution is -0.141. The van der Waals surface area contributed by atoms with E-state index in [-0.39, 0.29) is 12.0 Å². The molecule has 0 heterocycles. The van der Waals surface area contributed by atoms with Gasteiger partial charge in [-0.3, -0.25) is 4.79 Å². The van der Waals surface area contributed by atoms with Crippen molar-refractivity contribution < 1.29 is 27.9 Å². The van der Waals surface area contributed by atoms with Crippen LogP contribution in [0.5, 0.6) is 0 Å². The maximum Gasteiger partial charge on any atom is 0.389 e. The van der Waals surface area contributed by atoms with Crippen LogP contribution in [0.3, 0.4) is 0 Å². The Morgan fingerprint density at radius 1 is 1.24 bits per heavy atom. The van der Waals surface area contributed by atoms with Gasteiger partial charge in [-0.25, -0.2) is 4.79 Å². The van der Waals surface area contributed by atoms with Crippen LogP contribution in [-0.4, -0.2) is 41.1 Å². The molecule has 0 aliphatic carbocycles. The molecule has 0 radical (unpaired) electrons. The lowest BCUT2D eigenvalue weighted by atomic mass is 10.1. The van der Waals surface area contributed by atoms with Crippen molar-refractivity contribution in [2.45, 2.75) is 32.0 Å². The Bertz CT molecular complexity index is 511. The van der Waals surface area contributed by atoms with Gasteiger partial charge in [0.25, 0.3) is 5.91 Å². The first-order valence-corrected chi connectivity index (χ1v) is 6.27. The van der Waals surface area contributed by atoms with Gasteiger partial charge in [-0.05, 0) is 31.0 Å². The van der Waals surface area contributed by atoms with Crippen molar-refractivity contribution in [2.75, 3.05) is 7.05 Å². The van der Waals surface area contributed by atoms with Gasteiger partial charge in [0.1, 0.15) is 6.04 Å². The number of hydrogen-bond donors (Lipinski definition) is 1. The van der Waals surface area contributed by atoms with Crippen LogP contribution in [0, 0.1) is 0 Å². The first-order chi connectivity index (χ1) is 9.61. The zero-order valence-corrected chi connectivity index (χ0v) is 11.6. The Balaban J connectivity index is 2.73. The lowest BCUT2D eigenvalue weighted by Gasteiger charge is -2.21. The first kappa shape index (κ1) is 17.0. The minimum absolute atomic E-state index is 0.153. The minimum atomic E-state index is -4.22. The van der Waals surface area contributed by atoms with Gasteiger partial charge >= 0.3 is 12.1 Å². The Labute approximate surface area is 120 Å². The molecule has 4 nitrogen and oxygen atoms in total. The lowest BCUT2D eigenvalue weighted by Crippen LogP contribution is -2.40. The summed E-state index contributed by atoms with van der Waals surface area (Å²) in [6.07, 6.45) is -5.29. The van der Waals surface area contributed by atoms with Gasteiger partial charge < -0.3 is 10.0 Å². The monoisotopic (exact) mass is 303 g/mol. The van der Waals surface area contributed by atoms with E-state index in [2.05, 4.69) is 0 Å². The van der Waals surface area contributed by atoms with Crippen LogP contribution in [0.15, 0.2) is 24.3 Å². The molecule has 1 atom stereocenters. The van der Waals surface area contributed by atoms with E-state index in [1.807, 2.05) is 0 Å². The van der Waals surface area contributed by atoms with Crippen LogP contribution < -0.4 is 0 Å². The molecule has 7 heteroatoms. The number of carbonyl (C=O) groups is 2. The third kappa shape index (κ3) is 5.09. The molecule has 1 rings (SSSR count). The number of halogens is 3. The van der Waals surface area contributed by atoms with E-state index in [0.29, 0.717) is 5.56 Å². The van der Waals surface area contributed by atoms with Crippen molar-refractivity contribution >= 4 is 11.9 Å². The molecule has 1 amide bonds. The van der Waals surface area contributed by atoms with Crippen LogP contribution in [0.4, 0.5) is 13.2 Å². The van der Waals surface area contributed by atoms with Crippen LogP contribution in [0.1, 0.15) is 29.3 Å². The summed E-state index contributed by atoms with van der Waals surface area (Å²) < 4.78 is 36.3. The number of aryl methyl sites for hydroxylation is 1. The Morgan fingerprint density at radius 3 is 2.19 bits per heavy atom. The fourth-order valence-corrected chi connectivity index (χ4v) is 1.65. The minimum Gasteiger partial charge on any atom is -0.480 e. The van der Waals surface area contributed by atoms with Gasteiger partial charge in [0.2, 0.25) is 0 Å². The molecule has 1 aromatic carbocycles. The topological polar surface area (TPSA) is 57.6 Å². The van der Waals surface area contributed by atoms with Gasteiger partial charge in [-0.15, -0.1) is 0 Å². The van der Waals surface area contributed by atoms with Crippen molar-refractivity contribution in [1.29, 1.82) is 0 Å². The maximum absolute atomic E-state index is 12.1. The molecule has 0 bridgehead atoms. The van der Waals surface area contributed by atoms with Crippen molar-refractivity contribution in [3.63, 3.8) is 0 Å². The molecule has 21 heavy (non-hydrogen) atoms. The number of benzene rings is 1. The maximum atomic E-state index is 12.1. The molecule has 0 aliphatic rings. The second-order valence-corrected chi connectivity index (χ2v) is 4.74.